The summed E-state index contributed by atoms with van der Waals surface area (Å²) >= 11 is 0. The number of rotatable bonds is 7. The van der Waals surface area contributed by atoms with E-state index in [0.29, 0.717) is 11.4 Å². The fourth-order valence-electron chi connectivity index (χ4n) is 1.80. The number of aliphatic hydroxyl groups is 1. The minimum atomic E-state index is -0.952. The number of carboxylic acid groups (broad SMARTS) is 1. The molecular formula is C13H20N2O3. The van der Waals surface area contributed by atoms with Gasteiger partial charge in [-0.3, -0.25) is 0 Å². The van der Waals surface area contributed by atoms with Crippen molar-refractivity contribution in [1.82, 2.24) is 0 Å². The Kier molecular flexibility index (Phi) is 5.45. The van der Waals surface area contributed by atoms with Crippen LogP contribution in [0, 0.1) is 0 Å². The molecule has 5 nitrogen and oxygen atoms in total. The molecular weight excluding hydrogens is 232 g/mol. The third kappa shape index (κ3) is 3.92. The average Bonchev–Trinajstić information content (AvgIpc) is 2.34. The van der Waals surface area contributed by atoms with Crippen LogP contribution in [0.3, 0.4) is 0 Å². The molecule has 1 aromatic carbocycles. The van der Waals surface area contributed by atoms with Crippen molar-refractivity contribution in [3.63, 3.8) is 0 Å². The Bertz CT molecular complexity index is 407. The molecule has 0 aliphatic carbocycles. The van der Waals surface area contributed by atoms with E-state index in [2.05, 4.69) is 0 Å². The predicted octanol–water partition coefficient (Wildman–Crippen LogP) is 1.57. The van der Waals surface area contributed by atoms with Gasteiger partial charge in [-0.15, -0.1) is 0 Å². The molecule has 0 saturated carbocycles. The second-order valence-electron chi connectivity index (χ2n) is 4.29. The molecule has 4 N–H and O–H groups in total. The van der Waals surface area contributed by atoms with Crippen LogP contribution in [0.4, 0.5) is 11.4 Å². The number of hydrogen-bond donors (Lipinski definition) is 3. The lowest BCUT2D eigenvalue weighted by atomic mass is 10.1. The highest BCUT2D eigenvalue weighted by atomic mass is 16.4. The highest BCUT2D eigenvalue weighted by Gasteiger charge is 2.13. The summed E-state index contributed by atoms with van der Waals surface area (Å²) in [6, 6.07) is 4.79. The minimum Gasteiger partial charge on any atom is -0.478 e. The van der Waals surface area contributed by atoms with Gasteiger partial charge in [-0.05, 0) is 37.5 Å². The summed E-state index contributed by atoms with van der Waals surface area (Å²) in [5.74, 6) is -0.952. The molecule has 0 heterocycles. The Balaban J connectivity index is 2.74. The molecule has 5 heteroatoms. The molecule has 18 heavy (non-hydrogen) atoms. The van der Waals surface area contributed by atoms with Crippen LogP contribution in [0.5, 0.6) is 0 Å². The van der Waals surface area contributed by atoms with Crippen LogP contribution in [0.1, 0.15) is 29.6 Å². The quantitative estimate of drug-likeness (QED) is 0.506. The number of unbranched alkanes of at least 4 members (excludes halogenated alkanes) is 2. The van der Waals surface area contributed by atoms with Crippen molar-refractivity contribution in [3.05, 3.63) is 23.8 Å². The van der Waals surface area contributed by atoms with E-state index in [4.69, 9.17) is 15.9 Å². The molecule has 0 unspecified atom stereocenters. The van der Waals surface area contributed by atoms with Crippen molar-refractivity contribution >= 4 is 17.3 Å². The Morgan fingerprint density at radius 2 is 2.06 bits per heavy atom. The van der Waals surface area contributed by atoms with Crippen LogP contribution >= 0.6 is 0 Å². The van der Waals surface area contributed by atoms with Crippen LogP contribution in [0.2, 0.25) is 0 Å². The summed E-state index contributed by atoms with van der Waals surface area (Å²) in [5, 5.41) is 17.8. The van der Waals surface area contributed by atoms with Gasteiger partial charge in [0.2, 0.25) is 0 Å². The van der Waals surface area contributed by atoms with Gasteiger partial charge in [-0.2, -0.15) is 0 Å². The van der Waals surface area contributed by atoms with Gasteiger partial charge in [0.15, 0.2) is 0 Å². The van der Waals surface area contributed by atoms with E-state index >= 15 is 0 Å². The zero-order valence-electron chi connectivity index (χ0n) is 10.6. The predicted molar refractivity (Wildman–Crippen MR) is 72.0 cm³/mol. The van der Waals surface area contributed by atoms with Crippen LogP contribution < -0.4 is 10.6 Å². The van der Waals surface area contributed by atoms with Crippen LogP contribution in [-0.2, 0) is 0 Å². The van der Waals surface area contributed by atoms with Gasteiger partial charge in [0.1, 0.15) is 0 Å². The molecule has 0 aromatic heterocycles. The maximum Gasteiger partial charge on any atom is 0.337 e. The van der Waals surface area contributed by atoms with Crippen LogP contribution in [0.25, 0.3) is 0 Å². The summed E-state index contributed by atoms with van der Waals surface area (Å²) < 4.78 is 0. The molecule has 1 rings (SSSR count). The standard InChI is InChI=1S/C13H20N2O3/c1-15(7-3-2-4-8-16)12-9-10(14)5-6-11(12)13(17)18/h5-6,9,16H,2-4,7-8,14H2,1H3,(H,17,18). The number of nitrogen functional groups attached to an aromatic ring is 1. The molecule has 0 spiro atoms. The van der Waals surface area contributed by atoms with E-state index in [9.17, 15) is 4.79 Å². The van der Waals surface area contributed by atoms with E-state index in [1.54, 1.807) is 12.1 Å². The topological polar surface area (TPSA) is 86.8 Å². The third-order valence-electron chi connectivity index (χ3n) is 2.82. The molecule has 0 atom stereocenters. The van der Waals surface area contributed by atoms with Crippen molar-refractivity contribution in [2.45, 2.75) is 19.3 Å². The monoisotopic (exact) mass is 252 g/mol. The van der Waals surface area contributed by atoms with E-state index in [1.165, 1.54) is 6.07 Å². The number of carboxylic acids is 1. The first-order valence-corrected chi connectivity index (χ1v) is 6.01. The number of nitrogens with zero attached hydrogens (tertiary/aromatic N) is 1. The van der Waals surface area contributed by atoms with Crippen molar-refractivity contribution < 1.29 is 15.0 Å². The van der Waals surface area contributed by atoms with Crippen molar-refractivity contribution in [3.8, 4) is 0 Å². The van der Waals surface area contributed by atoms with E-state index in [1.807, 2.05) is 11.9 Å². The largest absolute Gasteiger partial charge is 0.478 e. The lowest BCUT2D eigenvalue weighted by molar-refractivity contribution is 0.0697. The summed E-state index contributed by atoms with van der Waals surface area (Å²) in [4.78, 5) is 13.0. The fraction of sp³-hybridized carbons (Fsp3) is 0.462. The first-order valence-electron chi connectivity index (χ1n) is 6.01. The van der Waals surface area contributed by atoms with Crippen molar-refractivity contribution in [2.75, 3.05) is 30.8 Å². The van der Waals surface area contributed by atoms with E-state index < -0.39 is 5.97 Å². The SMILES string of the molecule is CN(CCCCCO)c1cc(N)ccc1C(=O)O. The number of nitrogens with two attached hydrogens (primary N) is 1. The van der Waals surface area contributed by atoms with Crippen molar-refractivity contribution in [1.29, 1.82) is 0 Å². The maximum atomic E-state index is 11.1. The zero-order chi connectivity index (χ0) is 13.5. The van der Waals surface area contributed by atoms with Gasteiger partial charge in [0.05, 0.1) is 11.3 Å². The molecule has 0 amide bonds. The molecule has 100 valence electrons. The van der Waals surface area contributed by atoms with Gasteiger partial charge >= 0.3 is 5.97 Å². The summed E-state index contributed by atoms with van der Waals surface area (Å²) in [7, 11) is 1.85. The smallest absolute Gasteiger partial charge is 0.337 e. The second-order valence-corrected chi connectivity index (χ2v) is 4.29. The van der Waals surface area contributed by atoms with E-state index in [0.717, 1.165) is 25.8 Å². The Morgan fingerprint density at radius 3 is 2.67 bits per heavy atom. The fourth-order valence-corrected chi connectivity index (χ4v) is 1.80. The number of benzene rings is 1. The van der Waals surface area contributed by atoms with Crippen LogP contribution in [0.15, 0.2) is 18.2 Å². The normalized spacial score (nSPS) is 10.3. The molecule has 0 aliphatic heterocycles. The minimum absolute atomic E-state index is 0.197. The van der Waals surface area contributed by atoms with Gasteiger partial charge < -0.3 is 20.8 Å². The van der Waals surface area contributed by atoms with Gasteiger partial charge in [0.25, 0.3) is 0 Å². The highest BCUT2D eigenvalue weighted by Crippen LogP contribution is 2.23. The summed E-state index contributed by atoms with van der Waals surface area (Å²) in [6.07, 6.45) is 2.60. The first-order chi connectivity index (χ1) is 8.56. The average molecular weight is 252 g/mol. The van der Waals surface area contributed by atoms with E-state index in [-0.39, 0.29) is 12.2 Å². The Morgan fingerprint density at radius 1 is 1.33 bits per heavy atom. The van der Waals surface area contributed by atoms with Gasteiger partial charge in [-0.25, -0.2) is 4.79 Å². The first kappa shape index (κ1) is 14.3. The number of aliphatic hydroxyl groups excluding tert-OH is 1. The molecule has 0 bridgehead atoms. The van der Waals surface area contributed by atoms with Gasteiger partial charge in [-0.1, -0.05) is 0 Å². The Labute approximate surface area is 107 Å². The lowest BCUT2D eigenvalue weighted by Crippen LogP contribution is -2.21. The third-order valence-corrected chi connectivity index (χ3v) is 2.82. The molecule has 0 aliphatic rings. The molecule has 0 fully saturated rings. The van der Waals surface area contributed by atoms with Gasteiger partial charge in [0, 0.05) is 25.9 Å². The summed E-state index contributed by atoms with van der Waals surface area (Å²) in [6.45, 7) is 0.937. The van der Waals surface area contributed by atoms with Crippen molar-refractivity contribution in [2.24, 2.45) is 0 Å². The number of hydrogen-bond acceptors (Lipinski definition) is 4. The number of carbonyl (C=O) groups is 1. The van der Waals surface area contributed by atoms with Crippen LogP contribution in [-0.4, -0.2) is 36.4 Å². The highest BCUT2D eigenvalue weighted by molar-refractivity contribution is 5.95. The summed E-state index contributed by atoms with van der Waals surface area (Å²) in [5.41, 5.74) is 7.13. The maximum absolute atomic E-state index is 11.1. The molecule has 0 saturated heterocycles. The molecule has 0 radical (unpaired) electrons. The number of anilines is 2. The second kappa shape index (κ2) is 6.86. The zero-order valence-corrected chi connectivity index (χ0v) is 10.6. The number of aromatic carboxylic acids is 1. The lowest BCUT2D eigenvalue weighted by Gasteiger charge is -2.21. The Hall–Kier alpha value is -1.75. The molecule has 1 aromatic rings.